The molecule has 0 aliphatic carbocycles. The summed E-state index contributed by atoms with van der Waals surface area (Å²) in [5.74, 6) is 0.272. The molecule has 1 saturated heterocycles. The van der Waals surface area contributed by atoms with Crippen LogP contribution in [0.15, 0.2) is 45.8 Å². The van der Waals surface area contributed by atoms with Crippen molar-refractivity contribution in [2.75, 3.05) is 6.61 Å². The van der Waals surface area contributed by atoms with Crippen LogP contribution in [0.5, 0.6) is 11.5 Å². The Kier molecular flexibility index (Phi) is 6.18. The molecule has 0 aromatic heterocycles. The van der Waals surface area contributed by atoms with Crippen molar-refractivity contribution in [2.45, 2.75) is 13.5 Å². The van der Waals surface area contributed by atoms with E-state index in [1.807, 2.05) is 6.92 Å². The fourth-order valence-corrected chi connectivity index (χ4v) is 3.64. The van der Waals surface area contributed by atoms with E-state index in [9.17, 15) is 14.0 Å². The van der Waals surface area contributed by atoms with Crippen molar-refractivity contribution in [1.82, 2.24) is 5.32 Å². The first-order chi connectivity index (χ1) is 13.0. The molecule has 0 bridgehead atoms. The van der Waals surface area contributed by atoms with Crippen LogP contribution in [0.3, 0.4) is 0 Å². The first kappa shape index (κ1) is 19.4. The smallest absolute Gasteiger partial charge is 0.290 e. The molecule has 2 amide bonds. The highest BCUT2D eigenvalue weighted by Crippen LogP contribution is 2.39. The van der Waals surface area contributed by atoms with E-state index in [2.05, 4.69) is 21.2 Å². The number of benzene rings is 2. The maximum atomic E-state index is 13.0. The summed E-state index contributed by atoms with van der Waals surface area (Å²) < 4.78 is 25.2. The van der Waals surface area contributed by atoms with Gasteiger partial charge in [-0.2, -0.15) is 0 Å². The molecule has 0 atom stereocenters. The van der Waals surface area contributed by atoms with E-state index in [4.69, 9.17) is 9.47 Å². The molecule has 2 aromatic rings. The standard InChI is InChI=1S/C19H15BrFNO4S/c1-2-25-15-8-12(9-16-18(23)22-19(24)27-16)7-14(20)17(15)26-10-11-3-5-13(21)6-4-11/h3-9H,2,10H2,1H3,(H,22,23,24)/b16-9-. The average molecular weight is 452 g/mol. The zero-order valence-corrected chi connectivity index (χ0v) is 16.7. The Morgan fingerprint density at radius 1 is 1.19 bits per heavy atom. The lowest BCUT2D eigenvalue weighted by Crippen LogP contribution is -2.17. The van der Waals surface area contributed by atoms with Crippen LogP contribution in [0.1, 0.15) is 18.1 Å². The second-order valence-electron chi connectivity index (χ2n) is 5.53. The number of ether oxygens (including phenoxy) is 2. The predicted octanol–water partition coefficient (Wildman–Crippen LogP) is 4.89. The summed E-state index contributed by atoms with van der Waals surface area (Å²) in [4.78, 5) is 23.3. The number of amides is 2. The second kappa shape index (κ2) is 8.58. The summed E-state index contributed by atoms with van der Waals surface area (Å²) >= 11 is 4.31. The minimum absolute atomic E-state index is 0.242. The van der Waals surface area contributed by atoms with Gasteiger partial charge in [-0.25, -0.2) is 4.39 Å². The van der Waals surface area contributed by atoms with Gasteiger partial charge in [0, 0.05) is 0 Å². The van der Waals surface area contributed by atoms with Crippen molar-refractivity contribution < 1.29 is 23.5 Å². The van der Waals surface area contributed by atoms with Crippen LogP contribution in [0.25, 0.3) is 6.08 Å². The van der Waals surface area contributed by atoms with Gasteiger partial charge in [-0.1, -0.05) is 12.1 Å². The maximum Gasteiger partial charge on any atom is 0.290 e. The molecule has 0 unspecified atom stereocenters. The van der Waals surface area contributed by atoms with Crippen LogP contribution in [-0.4, -0.2) is 17.8 Å². The molecule has 3 rings (SSSR count). The van der Waals surface area contributed by atoms with Gasteiger partial charge in [0.1, 0.15) is 12.4 Å². The summed E-state index contributed by atoms with van der Waals surface area (Å²) in [5.41, 5.74) is 1.50. The van der Waals surface area contributed by atoms with Gasteiger partial charge in [-0.05, 0) is 76.1 Å². The third-order valence-electron chi connectivity index (χ3n) is 3.57. The Balaban J connectivity index is 1.85. The number of hydrogen-bond acceptors (Lipinski definition) is 5. The van der Waals surface area contributed by atoms with Crippen LogP contribution < -0.4 is 14.8 Å². The summed E-state index contributed by atoms with van der Waals surface area (Å²) in [7, 11) is 0. The molecular weight excluding hydrogens is 437 g/mol. The molecule has 1 aliphatic heterocycles. The van der Waals surface area contributed by atoms with Crippen molar-refractivity contribution in [2.24, 2.45) is 0 Å². The predicted molar refractivity (Wildman–Crippen MR) is 105 cm³/mol. The molecule has 27 heavy (non-hydrogen) atoms. The minimum atomic E-state index is -0.421. The van der Waals surface area contributed by atoms with Gasteiger partial charge in [0.25, 0.3) is 11.1 Å². The van der Waals surface area contributed by atoms with Gasteiger partial charge >= 0.3 is 0 Å². The molecule has 0 spiro atoms. The van der Waals surface area contributed by atoms with E-state index in [0.717, 1.165) is 17.3 Å². The highest BCUT2D eigenvalue weighted by Gasteiger charge is 2.25. The average Bonchev–Trinajstić information content (AvgIpc) is 2.93. The lowest BCUT2D eigenvalue weighted by atomic mass is 10.1. The van der Waals surface area contributed by atoms with E-state index in [1.165, 1.54) is 12.1 Å². The van der Waals surface area contributed by atoms with Crippen LogP contribution >= 0.6 is 27.7 Å². The third-order valence-corrected chi connectivity index (χ3v) is 4.97. The SMILES string of the molecule is CCOc1cc(/C=C2\SC(=O)NC2=O)cc(Br)c1OCc1ccc(F)cc1. The number of carbonyl (C=O) groups excluding carboxylic acids is 2. The third kappa shape index (κ3) is 4.90. The first-order valence-electron chi connectivity index (χ1n) is 8.04. The van der Waals surface area contributed by atoms with E-state index >= 15 is 0 Å². The molecular formula is C19H15BrFNO4S. The Morgan fingerprint density at radius 2 is 1.93 bits per heavy atom. The number of thioether (sulfide) groups is 1. The Labute approximate surface area is 168 Å². The molecule has 1 fully saturated rings. The van der Waals surface area contributed by atoms with Crippen molar-refractivity contribution in [3.8, 4) is 11.5 Å². The molecule has 1 N–H and O–H groups in total. The fraction of sp³-hybridized carbons (Fsp3) is 0.158. The van der Waals surface area contributed by atoms with Crippen molar-refractivity contribution in [3.05, 3.63) is 62.7 Å². The molecule has 5 nitrogen and oxygen atoms in total. The quantitative estimate of drug-likeness (QED) is 0.633. The number of carbonyl (C=O) groups is 2. The zero-order chi connectivity index (χ0) is 19.4. The lowest BCUT2D eigenvalue weighted by Gasteiger charge is -2.15. The second-order valence-corrected chi connectivity index (χ2v) is 7.40. The topological polar surface area (TPSA) is 64.6 Å². The Hall–Kier alpha value is -2.32. The Bertz CT molecular complexity index is 915. The van der Waals surface area contributed by atoms with Gasteiger partial charge in [-0.15, -0.1) is 0 Å². The first-order valence-corrected chi connectivity index (χ1v) is 9.65. The summed E-state index contributed by atoms with van der Waals surface area (Å²) in [6, 6.07) is 9.55. The highest BCUT2D eigenvalue weighted by atomic mass is 79.9. The van der Waals surface area contributed by atoms with E-state index in [-0.39, 0.29) is 12.4 Å². The molecule has 0 saturated carbocycles. The summed E-state index contributed by atoms with van der Waals surface area (Å²) in [6.07, 6.45) is 1.61. The van der Waals surface area contributed by atoms with Crippen molar-refractivity contribution in [3.63, 3.8) is 0 Å². The molecule has 2 aromatic carbocycles. The van der Waals surface area contributed by atoms with E-state index in [0.29, 0.717) is 33.0 Å². The lowest BCUT2D eigenvalue weighted by molar-refractivity contribution is -0.115. The van der Waals surface area contributed by atoms with E-state index in [1.54, 1.807) is 30.3 Å². The number of nitrogens with one attached hydrogen (secondary N) is 1. The normalized spacial score (nSPS) is 15.1. The number of hydrogen-bond donors (Lipinski definition) is 1. The Morgan fingerprint density at radius 3 is 2.56 bits per heavy atom. The van der Waals surface area contributed by atoms with Crippen molar-refractivity contribution in [1.29, 1.82) is 0 Å². The minimum Gasteiger partial charge on any atom is -0.490 e. The maximum absolute atomic E-state index is 13.0. The zero-order valence-electron chi connectivity index (χ0n) is 14.3. The van der Waals surface area contributed by atoms with E-state index < -0.39 is 11.1 Å². The van der Waals surface area contributed by atoms with Gasteiger partial charge in [0.2, 0.25) is 0 Å². The molecule has 8 heteroatoms. The number of halogens is 2. The molecule has 1 aliphatic rings. The van der Waals surface area contributed by atoms with Gasteiger partial charge in [0.05, 0.1) is 16.0 Å². The van der Waals surface area contributed by atoms with Crippen molar-refractivity contribution >= 4 is 44.9 Å². The largest absolute Gasteiger partial charge is 0.490 e. The molecule has 0 radical (unpaired) electrons. The van der Waals surface area contributed by atoms with Gasteiger partial charge in [-0.3, -0.25) is 14.9 Å². The van der Waals surface area contributed by atoms with Crippen LogP contribution in [0.2, 0.25) is 0 Å². The van der Waals surface area contributed by atoms with Crippen LogP contribution in [-0.2, 0) is 11.4 Å². The summed E-state index contributed by atoms with van der Waals surface area (Å²) in [5, 5.41) is 1.82. The molecule has 1 heterocycles. The number of rotatable bonds is 6. The monoisotopic (exact) mass is 451 g/mol. The van der Waals surface area contributed by atoms with Gasteiger partial charge < -0.3 is 9.47 Å². The molecule has 140 valence electrons. The highest BCUT2D eigenvalue weighted by molar-refractivity contribution is 9.10. The summed E-state index contributed by atoms with van der Waals surface area (Å²) in [6.45, 7) is 2.51. The van der Waals surface area contributed by atoms with Crippen LogP contribution in [0.4, 0.5) is 9.18 Å². The number of imide groups is 1. The van der Waals surface area contributed by atoms with Gasteiger partial charge in [0.15, 0.2) is 11.5 Å². The fourth-order valence-electron chi connectivity index (χ4n) is 2.38. The van der Waals surface area contributed by atoms with Crippen LogP contribution in [0, 0.1) is 5.82 Å².